The van der Waals surface area contributed by atoms with Gasteiger partial charge < -0.3 is 5.32 Å². The van der Waals surface area contributed by atoms with Gasteiger partial charge in [-0.15, -0.1) is 11.3 Å². The zero-order chi connectivity index (χ0) is 13.7. The summed E-state index contributed by atoms with van der Waals surface area (Å²) in [4.78, 5) is 1.16. The van der Waals surface area contributed by atoms with Gasteiger partial charge in [-0.05, 0) is 30.5 Å². The lowest BCUT2D eigenvalue weighted by Gasteiger charge is -2.19. The number of thiophene rings is 1. The maximum Gasteiger partial charge on any atom is 0.163 e. The van der Waals surface area contributed by atoms with Crippen LogP contribution in [0.4, 0.5) is 8.78 Å². The summed E-state index contributed by atoms with van der Waals surface area (Å²) in [5.41, 5.74) is 0.404. The number of halogens is 2. The van der Waals surface area contributed by atoms with Crippen molar-refractivity contribution in [3.63, 3.8) is 0 Å². The summed E-state index contributed by atoms with van der Waals surface area (Å²) in [6.07, 6.45) is 1.63. The molecule has 19 heavy (non-hydrogen) atoms. The van der Waals surface area contributed by atoms with Gasteiger partial charge in [0.15, 0.2) is 11.6 Å². The van der Waals surface area contributed by atoms with E-state index in [1.54, 1.807) is 23.5 Å². The van der Waals surface area contributed by atoms with Crippen molar-refractivity contribution >= 4 is 11.3 Å². The van der Waals surface area contributed by atoms with E-state index < -0.39 is 11.6 Å². The van der Waals surface area contributed by atoms with Gasteiger partial charge in [-0.2, -0.15) is 0 Å². The predicted octanol–water partition coefficient (Wildman–Crippen LogP) is 4.31. The van der Waals surface area contributed by atoms with Crippen molar-refractivity contribution in [2.24, 2.45) is 0 Å². The highest BCUT2D eigenvalue weighted by Crippen LogP contribution is 2.24. The molecule has 1 atom stereocenters. The van der Waals surface area contributed by atoms with E-state index >= 15 is 0 Å². The SMILES string of the molecule is CCCNC(Cc1cccs1)c1cccc(F)c1F. The summed E-state index contributed by atoms with van der Waals surface area (Å²) >= 11 is 1.63. The van der Waals surface area contributed by atoms with E-state index in [-0.39, 0.29) is 6.04 Å². The van der Waals surface area contributed by atoms with Crippen molar-refractivity contribution in [3.05, 3.63) is 57.8 Å². The Hall–Kier alpha value is -1.26. The molecule has 102 valence electrons. The van der Waals surface area contributed by atoms with E-state index in [0.29, 0.717) is 12.0 Å². The number of rotatable bonds is 6. The lowest BCUT2D eigenvalue weighted by molar-refractivity contribution is 0.460. The second-order valence-electron chi connectivity index (χ2n) is 4.43. The third kappa shape index (κ3) is 3.61. The minimum Gasteiger partial charge on any atom is -0.310 e. The molecule has 0 bridgehead atoms. The van der Waals surface area contributed by atoms with Crippen LogP contribution in [0.1, 0.15) is 29.8 Å². The van der Waals surface area contributed by atoms with Gasteiger partial charge in [0.25, 0.3) is 0 Å². The molecule has 0 saturated carbocycles. The highest BCUT2D eigenvalue weighted by atomic mass is 32.1. The maximum atomic E-state index is 13.9. The average molecular weight is 281 g/mol. The normalized spacial score (nSPS) is 12.6. The van der Waals surface area contributed by atoms with Gasteiger partial charge in [0.1, 0.15) is 0 Å². The summed E-state index contributed by atoms with van der Waals surface area (Å²) in [7, 11) is 0. The van der Waals surface area contributed by atoms with Gasteiger partial charge in [0.05, 0.1) is 0 Å². The molecule has 0 aliphatic rings. The molecule has 1 unspecified atom stereocenters. The number of nitrogens with one attached hydrogen (secondary N) is 1. The second kappa shape index (κ2) is 6.78. The number of hydrogen-bond donors (Lipinski definition) is 1. The first-order valence-corrected chi connectivity index (χ1v) is 7.30. The predicted molar refractivity (Wildman–Crippen MR) is 75.4 cm³/mol. The summed E-state index contributed by atoms with van der Waals surface area (Å²) in [6.45, 7) is 2.84. The van der Waals surface area contributed by atoms with Crippen LogP contribution in [0, 0.1) is 11.6 Å². The highest BCUT2D eigenvalue weighted by Gasteiger charge is 2.18. The Morgan fingerprint density at radius 2 is 2.05 bits per heavy atom. The van der Waals surface area contributed by atoms with Crippen LogP contribution >= 0.6 is 11.3 Å². The third-order valence-corrected chi connectivity index (χ3v) is 3.88. The van der Waals surface area contributed by atoms with Crippen LogP contribution in [-0.4, -0.2) is 6.54 Å². The zero-order valence-corrected chi connectivity index (χ0v) is 11.6. The molecule has 0 fully saturated rings. The van der Waals surface area contributed by atoms with E-state index in [0.717, 1.165) is 23.9 Å². The molecule has 0 aliphatic carbocycles. The maximum absolute atomic E-state index is 13.9. The Bertz CT molecular complexity index is 511. The Balaban J connectivity index is 2.23. The van der Waals surface area contributed by atoms with Crippen molar-refractivity contribution in [1.29, 1.82) is 0 Å². The lowest BCUT2D eigenvalue weighted by atomic mass is 10.0. The molecule has 4 heteroatoms. The van der Waals surface area contributed by atoms with Crippen LogP contribution in [0.15, 0.2) is 35.7 Å². The minimum absolute atomic E-state index is 0.186. The largest absolute Gasteiger partial charge is 0.310 e. The van der Waals surface area contributed by atoms with Gasteiger partial charge in [0.2, 0.25) is 0 Å². The van der Waals surface area contributed by atoms with Crippen molar-refractivity contribution in [1.82, 2.24) is 5.32 Å². The summed E-state index contributed by atoms with van der Waals surface area (Å²) in [5.74, 6) is -1.53. The molecule has 1 N–H and O–H groups in total. The van der Waals surface area contributed by atoms with Crippen LogP contribution in [0.5, 0.6) is 0 Å². The second-order valence-corrected chi connectivity index (χ2v) is 5.47. The molecular weight excluding hydrogens is 264 g/mol. The summed E-state index contributed by atoms with van der Waals surface area (Å²) in [6, 6.07) is 8.17. The van der Waals surface area contributed by atoms with Gasteiger partial charge >= 0.3 is 0 Å². The molecule has 0 spiro atoms. The van der Waals surface area contributed by atoms with E-state index in [9.17, 15) is 8.78 Å². The molecular formula is C15H17F2NS. The summed E-state index contributed by atoms with van der Waals surface area (Å²) in [5, 5.41) is 5.29. The van der Waals surface area contributed by atoms with Gasteiger partial charge in [-0.3, -0.25) is 0 Å². The number of benzene rings is 1. The van der Waals surface area contributed by atoms with Crippen molar-refractivity contribution in [3.8, 4) is 0 Å². The van der Waals surface area contributed by atoms with Gasteiger partial charge in [-0.25, -0.2) is 8.78 Å². The van der Waals surface area contributed by atoms with Crippen LogP contribution in [0.3, 0.4) is 0 Å². The lowest BCUT2D eigenvalue weighted by Crippen LogP contribution is -2.25. The Labute approximate surface area is 116 Å². The standard InChI is InChI=1S/C15H17F2NS/c1-2-8-18-14(10-11-5-4-9-19-11)12-6-3-7-13(16)15(12)17/h3-7,9,14,18H,2,8,10H2,1H3. The van der Waals surface area contributed by atoms with E-state index in [2.05, 4.69) is 12.2 Å². The molecule has 0 aliphatic heterocycles. The van der Waals surface area contributed by atoms with Crippen LogP contribution in [-0.2, 0) is 6.42 Å². The van der Waals surface area contributed by atoms with Crippen molar-refractivity contribution in [2.45, 2.75) is 25.8 Å². The quantitative estimate of drug-likeness (QED) is 0.832. The minimum atomic E-state index is -0.785. The third-order valence-electron chi connectivity index (χ3n) is 2.98. The Morgan fingerprint density at radius 3 is 2.74 bits per heavy atom. The highest BCUT2D eigenvalue weighted by molar-refractivity contribution is 7.09. The monoisotopic (exact) mass is 281 g/mol. The smallest absolute Gasteiger partial charge is 0.163 e. The van der Waals surface area contributed by atoms with E-state index in [4.69, 9.17) is 0 Å². The molecule has 1 aromatic carbocycles. The molecule has 1 nitrogen and oxygen atoms in total. The average Bonchev–Trinajstić information content (AvgIpc) is 2.91. The first kappa shape index (κ1) is 14.2. The molecule has 1 aromatic heterocycles. The van der Waals surface area contributed by atoms with Crippen LogP contribution in [0.25, 0.3) is 0 Å². The summed E-state index contributed by atoms with van der Waals surface area (Å²) < 4.78 is 27.2. The van der Waals surface area contributed by atoms with Crippen LogP contribution in [0.2, 0.25) is 0 Å². The van der Waals surface area contributed by atoms with E-state index in [1.807, 2.05) is 17.5 Å². The Morgan fingerprint density at radius 1 is 1.21 bits per heavy atom. The van der Waals surface area contributed by atoms with Gasteiger partial charge in [-0.1, -0.05) is 25.1 Å². The van der Waals surface area contributed by atoms with Gasteiger partial charge in [0, 0.05) is 22.9 Å². The molecule has 0 saturated heterocycles. The fraction of sp³-hybridized carbons (Fsp3) is 0.333. The number of hydrogen-bond acceptors (Lipinski definition) is 2. The fourth-order valence-corrected chi connectivity index (χ4v) is 2.78. The first-order valence-electron chi connectivity index (χ1n) is 6.42. The fourth-order valence-electron chi connectivity index (χ4n) is 2.03. The van der Waals surface area contributed by atoms with Crippen molar-refractivity contribution in [2.75, 3.05) is 6.54 Å². The molecule has 0 amide bonds. The first-order chi connectivity index (χ1) is 9.22. The van der Waals surface area contributed by atoms with Crippen LogP contribution < -0.4 is 5.32 Å². The molecule has 1 heterocycles. The molecule has 2 rings (SSSR count). The zero-order valence-electron chi connectivity index (χ0n) is 10.8. The van der Waals surface area contributed by atoms with Crippen molar-refractivity contribution < 1.29 is 8.78 Å². The topological polar surface area (TPSA) is 12.0 Å². The Kier molecular flexibility index (Phi) is 5.05. The molecule has 2 aromatic rings. The van der Waals surface area contributed by atoms with E-state index in [1.165, 1.54) is 0 Å². The molecule has 0 radical (unpaired) electrons.